The van der Waals surface area contributed by atoms with Crippen molar-refractivity contribution in [2.24, 2.45) is 0 Å². The van der Waals surface area contributed by atoms with Crippen molar-refractivity contribution in [3.8, 4) is 17.3 Å². The molecule has 13 heavy (non-hydrogen) atoms. The third kappa shape index (κ3) is 1.40. The smallest absolute Gasteiger partial charge is 0.140 e. The summed E-state index contributed by atoms with van der Waals surface area (Å²) in [5.41, 5.74) is 2.25. The fraction of sp³-hybridized carbons (Fsp3) is 0. The molecule has 4 heteroatoms. The van der Waals surface area contributed by atoms with Gasteiger partial charge in [-0.3, -0.25) is 5.10 Å². The fourth-order valence-corrected chi connectivity index (χ4v) is 1.04. The standard InChI is InChI=1S/C9H6N4/c10-5-8-2-1-7(6-11-8)9-3-4-12-13-9/h1-4,6H,(H,12,13). The van der Waals surface area contributed by atoms with E-state index < -0.39 is 0 Å². The highest BCUT2D eigenvalue weighted by atomic mass is 15.1. The lowest BCUT2D eigenvalue weighted by molar-refractivity contribution is 1.09. The number of aromatic amines is 1. The Kier molecular flexibility index (Phi) is 1.77. The van der Waals surface area contributed by atoms with E-state index in [0.717, 1.165) is 11.3 Å². The number of hydrogen-bond donors (Lipinski definition) is 1. The second kappa shape index (κ2) is 3.07. The number of H-pyrrole nitrogens is 1. The first-order valence-corrected chi connectivity index (χ1v) is 3.76. The highest BCUT2D eigenvalue weighted by Gasteiger charge is 1.98. The van der Waals surface area contributed by atoms with E-state index in [9.17, 15) is 0 Å². The third-order valence-electron chi connectivity index (χ3n) is 1.69. The first kappa shape index (κ1) is 7.50. The molecule has 62 valence electrons. The number of aromatic nitrogens is 3. The van der Waals surface area contributed by atoms with Crippen molar-refractivity contribution in [1.82, 2.24) is 15.2 Å². The average Bonchev–Trinajstić information content (AvgIpc) is 2.71. The van der Waals surface area contributed by atoms with Crippen LogP contribution in [0, 0.1) is 11.3 Å². The van der Waals surface area contributed by atoms with Gasteiger partial charge in [0.1, 0.15) is 11.8 Å². The van der Waals surface area contributed by atoms with Crippen LogP contribution in [0.15, 0.2) is 30.6 Å². The predicted octanol–water partition coefficient (Wildman–Crippen LogP) is 1.34. The molecule has 0 spiro atoms. The second-order valence-electron chi connectivity index (χ2n) is 2.51. The number of rotatable bonds is 1. The van der Waals surface area contributed by atoms with Gasteiger partial charge in [-0.25, -0.2) is 4.98 Å². The summed E-state index contributed by atoms with van der Waals surface area (Å²) in [5.74, 6) is 0. The summed E-state index contributed by atoms with van der Waals surface area (Å²) in [6.45, 7) is 0. The first-order chi connectivity index (χ1) is 6.40. The molecule has 0 radical (unpaired) electrons. The number of nitriles is 1. The maximum atomic E-state index is 8.53. The third-order valence-corrected chi connectivity index (χ3v) is 1.69. The van der Waals surface area contributed by atoms with Crippen molar-refractivity contribution in [1.29, 1.82) is 5.26 Å². The van der Waals surface area contributed by atoms with Gasteiger partial charge in [0.25, 0.3) is 0 Å². The lowest BCUT2D eigenvalue weighted by Gasteiger charge is -1.94. The number of nitrogens with zero attached hydrogens (tertiary/aromatic N) is 3. The van der Waals surface area contributed by atoms with Crippen molar-refractivity contribution in [3.63, 3.8) is 0 Å². The molecule has 2 rings (SSSR count). The van der Waals surface area contributed by atoms with Gasteiger partial charge in [-0.2, -0.15) is 10.4 Å². The van der Waals surface area contributed by atoms with Gasteiger partial charge in [-0.05, 0) is 18.2 Å². The highest BCUT2D eigenvalue weighted by molar-refractivity contribution is 5.57. The van der Waals surface area contributed by atoms with E-state index >= 15 is 0 Å². The number of pyridine rings is 1. The zero-order chi connectivity index (χ0) is 9.10. The zero-order valence-electron chi connectivity index (χ0n) is 6.73. The summed E-state index contributed by atoms with van der Waals surface area (Å²) in [5, 5.41) is 15.2. The Hall–Kier alpha value is -2.15. The Morgan fingerprint density at radius 2 is 2.23 bits per heavy atom. The van der Waals surface area contributed by atoms with E-state index in [1.165, 1.54) is 0 Å². The van der Waals surface area contributed by atoms with Crippen LogP contribution in [0.1, 0.15) is 5.69 Å². The summed E-state index contributed by atoms with van der Waals surface area (Å²) in [6, 6.07) is 7.32. The van der Waals surface area contributed by atoms with E-state index in [-0.39, 0.29) is 0 Å². The zero-order valence-corrected chi connectivity index (χ0v) is 6.73. The molecule has 2 aromatic rings. The summed E-state index contributed by atoms with van der Waals surface area (Å²) in [6.07, 6.45) is 3.32. The van der Waals surface area contributed by atoms with Gasteiger partial charge in [0.15, 0.2) is 0 Å². The molecule has 2 heterocycles. The summed E-state index contributed by atoms with van der Waals surface area (Å²) in [7, 11) is 0. The molecule has 0 amide bonds. The molecule has 2 aromatic heterocycles. The Morgan fingerprint density at radius 1 is 1.31 bits per heavy atom. The van der Waals surface area contributed by atoms with Crippen LogP contribution < -0.4 is 0 Å². The van der Waals surface area contributed by atoms with Gasteiger partial charge in [-0.1, -0.05) is 0 Å². The molecule has 0 aliphatic heterocycles. The van der Waals surface area contributed by atoms with Crippen LogP contribution in [0.25, 0.3) is 11.3 Å². The average molecular weight is 170 g/mol. The van der Waals surface area contributed by atoms with Crippen LogP contribution in [0.4, 0.5) is 0 Å². The fourth-order valence-electron chi connectivity index (χ4n) is 1.04. The van der Waals surface area contributed by atoms with E-state index in [0.29, 0.717) is 5.69 Å². The highest BCUT2D eigenvalue weighted by Crippen LogP contribution is 2.13. The Labute approximate surface area is 74.9 Å². The topological polar surface area (TPSA) is 65.4 Å². The minimum Gasteiger partial charge on any atom is -0.278 e. The van der Waals surface area contributed by atoms with E-state index in [4.69, 9.17) is 5.26 Å². The van der Waals surface area contributed by atoms with Gasteiger partial charge < -0.3 is 0 Å². The Balaban J connectivity index is 2.40. The van der Waals surface area contributed by atoms with E-state index in [2.05, 4.69) is 15.2 Å². The van der Waals surface area contributed by atoms with Crippen LogP contribution in [-0.4, -0.2) is 15.2 Å². The monoisotopic (exact) mass is 170 g/mol. The lowest BCUT2D eigenvalue weighted by atomic mass is 10.2. The van der Waals surface area contributed by atoms with Gasteiger partial charge in [0.05, 0.1) is 5.69 Å². The van der Waals surface area contributed by atoms with Gasteiger partial charge in [-0.15, -0.1) is 0 Å². The molecule has 0 fully saturated rings. The molecule has 0 unspecified atom stereocenters. The van der Waals surface area contributed by atoms with Crippen LogP contribution in [0.5, 0.6) is 0 Å². The minimum absolute atomic E-state index is 0.420. The van der Waals surface area contributed by atoms with Crippen LogP contribution in [0.2, 0.25) is 0 Å². The van der Waals surface area contributed by atoms with Crippen molar-refractivity contribution in [2.45, 2.75) is 0 Å². The molecule has 0 saturated carbocycles. The Morgan fingerprint density at radius 3 is 2.77 bits per heavy atom. The molecule has 0 atom stereocenters. The number of hydrogen-bond acceptors (Lipinski definition) is 3. The maximum absolute atomic E-state index is 8.53. The second-order valence-corrected chi connectivity index (χ2v) is 2.51. The quantitative estimate of drug-likeness (QED) is 0.702. The first-order valence-electron chi connectivity index (χ1n) is 3.76. The minimum atomic E-state index is 0.420. The van der Waals surface area contributed by atoms with Gasteiger partial charge in [0.2, 0.25) is 0 Å². The molecular formula is C9H6N4. The van der Waals surface area contributed by atoms with E-state index in [1.807, 2.05) is 18.2 Å². The van der Waals surface area contributed by atoms with Crippen LogP contribution >= 0.6 is 0 Å². The summed E-state index contributed by atoms with van der Waals surface area (Å²) >= 11 is 0. The molecule has 0 aliphatic rings. The lowest BCUT2D eigenvalue weighted by Crippen LogP contribution is -1.83. The van der Waals surface area contributed by atoms with Crippen molar-refractivity contribution < 1.29 is 0 Å². The van der Waals surface area contributed by atoms with Crippen molar-refractivity contribution in [2.75, 3.05) is 0 Å². The van der Waals surface area contributed by atoms with Crippen molar-refractivity contribution in [3.05, 3.63) is 36.3 Å². The van der Waals surface area contributed by atoms with Crippen LogP contribution in [-0.2, 0) is 0 Å². The largest absolute Gasteiger partial charge is 0.278 e. The predicted molar refractivity (Wildman–Crippen MR) is 46.5 cm³/mol. The number of nitrogens with one attached hydrogen (secondary N) is 1. The molecule has 0 bridgehead atoms. The SMILES string of the molecule is N#Cc1ccc(-c2ccn[nH]2)cn1. The summed E-state index contributed by atoms with van der Waals surface area (Å²) < 4.78 is 0. The van der Waals surface area contributed by atoms with Crippen LogP contribution in [0.3, 0.4) is 0 Å². The molecule has 0 aliphatic carbocycles. The molecule has 4 nitrogen and oxygen atoms in total. The van der Waals surface area contributed by atoms with Gasteiger partial charge >= 0.3 is 0 Å². The summed E-state index contributed by atoms with van der Waals surface area (Å²) in [4.78, 5) is 3.94. The molecule has 0 aromatic carbocycles. The molecule has 0 saturated heterocycles. The normalized spacial score (nSPS) is 9.46. The maximum Gasteiger partial charge on any atom is 0.140 e. The van der Waals surface area contributed by atoms with Crippen molar-refractivity contribution >= 4 is 0 Å². The Bertz CT molecular complexity index is 422. The van der Waals surface area contributed by atoms with Gasteiger partial charge in [0, 0.05) is 18.0 Å². The molecule has 1 N–H and O–H groups in total. The van der Waals surface area contributed by atoms with E-state index in [1.54, 1.807) is 18.5 Å². The molecular weight excluding hydrogens is 164 g/mol.